The summed E-state index contributed by atoms with van der Waals surface area (Å²) in [6.45, 7) is 0. The highest BCUT2D eigenvalue weighted by molar-refractivity contribution is 9.08. The summed E-state index contributed by atoms with van der Waals surface area (Å²) >= 11 is 16.4. The molecule has 0 bridgehead atoms. The number of benzene rings is 1. The lowest BCUT2D eigenvalue weighted by atomic mass is 10.1. The van der Waals surface area contributed by atoms with Crippen LogP contribution in [0.1, 0.15) is 5.56 Å². The Hall–Kier alpha value is -0.160. The molecule has 15 heavy (non-hydrogen) atoms. The highest BCUT2D eigenvalue weighted by atomic mass is 79.9. The Bertz CT molecular complexity index is 487. The Labute approximate surface area is 110 Å². The first kappa shape index (κ1) is 11.3. The fraction of sp³-hybridized carbons (Fsp3) is 0.111. The molecule has 0 saturated carbocycles. The van der Waals surface area contributed by atoms with Crippen molar-refractivity contribution in [3.63, 3.8) is 0 Å². The predicted molar refractivity (Wildman–Crippen MR) is 68.0 cm³/mol. The number of halogens is 3. The molecule has 1 aromatic heterocycles. The maximum absolute atomic E-state index is 5.93. The first-order valence-electron chi connectivity index (χ1n) is 4.05. The molecule has 0 aliphatic rings. The van der Waals surface area contributed by atoms with Gasteiger partial charge in [-0.1, -0.05) is 45.2 Å². The van der Waals surface area contributed by atoms with E-state index in [-0.39, 0.29) is 0 Å². The summed E-state index contributed by atoms with van der Waals surface area (Å²) in [5, 5.41) is 1.84. The minimum absolute atomic E-state index is 0.435. The van der Waals surface area contributed by atoms with Crippen LogP contribution in [0.5, 0.6) is 0 Å². The molecule has 0 N–H and O–H groups in total. The fourth-order valence-corrected chi connectivity index (χ4v) is 2.65. The van der Waals surface area contributed by atoms with Crippen LogP contribution in [0.2, 0.25) is 10.2 Å². The second kappa shape index (κ2) is 4.78. The van der Waals surface area contributed by atoms with Gasteiger partial charge in [-0.2, -0.15) is 8.75 Å². The van der Waals surface area contributed by atoms with Gasteiger partial charge in [0.25, 0.3) is 0 Å². The molecule has 0 aliphatic heterocycles. The van der Waals surface area contributed by atoms with E-state index in [0.717, 1.165) is 22.9 Å². The number of hydrogen-bond donors (Lipinski definition) is 0. The van der Waals surface area contributed by atoms with Gasteiger partial charge < -0.3 is 0 Å². The van der Waals surface area contributed by atoms with Gasteiger partial charge in [-0.25, -0.2) is 0 Å². The van der Waals surface area contributed by atoms with Gasteiger partial charge in [-0.05, 0) is 17.7 Å². The molecule has 0 unspecified atom stereocenters. The smallest absolute Gasteiger partial charge is 0.170 e. The summed E-state index contributed by atoms with van der Waals surface area (Å²) in [7, 11) is 0. The van der Waals surface area contributed by atoms with Crippen molar-refractivity contribution in [3.05, 3.63) is 33.9 Å². The Morgan fingerprint density at radius 3 is 2.67 bits per heavy atom. The third kappa shape index (κ3) is 2.33. The number of hydrogen-bond acceptors (Lipinski definition) is 3. The molecular formula is C9H5BrCl2N2S. The largest absolute Gasteiger partial charge is 0.171 e. The van der Waals surface area contributed by atoms with Gasteiger partial charge in [0.15, 0.2) is 5.15 Å². The average molecular weight is 324 g/mol. The van der Waals surface area contributed by atoms with E-state index < -0.39 is 0 Å². The number of rotatable bonds is 2. The van der Waals surface area contributed by atoms with Crippen molar-refractivity contribution in [1.29, 1.82) is 0 Å². The van der Waals surface area contributed by atoms with Crippen molar-refractivity contribution < 1.29 is 0 Å². The molecule has 0 saturated heterocycles. The van der Waals surface area contributed by atoms with Crippen LogP contribution in [0.4, 0.5) is 0 Å². The van der Waals surface area contributed by atoms with Crippen molar-refractivity contribution in [2.75, 3.05) is 0 Å². The number of nitrogens with zero attached hydrogens (tertiary/aromatic N) is 2. The van der Waals surface area contributed by atoms with E-state index in [1.807, 2.05) is 18.2 Å². The third-order valence-electron chi connectivity index (χ3n) is 1.91. The van der Waals surface area contributed by atoms with E-state index in [4.69, 9.17) is 23.2 Å². The molecule has 0 fully saturated rings. The molecule has 2 rings (SSSR count). The van der Waals surface area contributed by atoms with E-state index >= 15 is 0 Å². The molecule has 2 nitrogen and oxygen atoms in total. The first-order valence-corrected chi connectivity index (χ1v) is 6.66. The molecule has 0 spiro atoms. The van der Waals surface area contributed by atoms with Gasteiger partial charge in [-0.3, -0.25) is 0 Å². The molecule has 0 aliphatic carbocycles. The maximum atomic E-state index is 5.93. The van der Waals surface area contributed by atoms with E-state index in [0.29, 0.717) is 21.2 Å². The monoisotopic (exact) mass is 322 g/mol. The lowest BCUT2D eigenvalue weighted by Gasteiger charge is -2.04. The molecule has 0 radical (unpaired) electrons. The Morgan fingerprint density at radius 1 is 1.27 bits per heavy atom. The molecule has 0 amide bonds. The van der Waals surface area contributed by atoms with Crippen LogP contribution < -0.4 is 0 Å². The van der Waals surface area contributed by atoms with Crippen molar-refractivity contribution in [1.82, 2.24) is 8.75 Å². The van der Waals surface area contributed by atoms with Crippen LogP contribution in [0.25, 0.3) is 11.3 Å². The lowest BCUT2D eigenvalue weighted by Crippen LogP contribution is -1.86. The van der Waals surface area contributed by atoms with E-state index in [1.165, 1.54) is 0 Å². The van der Waals surface area contributed by atoms with Crippen molar-refractivity contribution in [2.24, 2.45) is 0 Å². The van der Waals surface area contributed by atoms with Crippen LogP contribution in [-0.2, 0) is 5.33 Å². The zero-order chi connectivity index (χ0) is 10.8. The maximum Gasteiger partial charge on any atom is 0.170 e. The van der Waals surface area contributed by atoms with Gasteiger partial charge >= 0.3 is 0 Å². The molecule has 1 aromatic carbocycles. The zero-order valence-corrected chi connectivity index (χ0v) is 11.3. The molecule has 2 aromatic rings. The quantitative estimate of drug-likeness (QED) is 0.765. The zero-order valence-electron chi connectivity index (χ0n) is 7.38. The predicted octanol–water partition coefficient (Wildman–Crippen LogP) is 4.41. The summed E-state index contributed by atoms with van der Waals surface area (Å²) in [4.78, 5) is 0. The van der Waals surface area contributed by atoms with Crippen molar-refractivity contribution >= 4 is 50.9 Å². The minimum Gasteiger partial charge on any atom is -0.171 e. The van der Waals surface area contributed by atoms with Crippen molar-refractivity contribution in [2.45, 2.75) is 5.33 Å². The summed E-state index contributed by atoms with van der Waals surface area (Å²) in [5.74, 6) is 0. The van der Waals surface area contributed by atoms with Gasteiger partial charge in [0.2, 0.25) is 0 Å². The lowest BCUT2D eigenvalue weighted by molar-refractivity contribution is 1.39. The molecule has 0 atom stereocenters. The number of aromatic nitrogens is 2. The summed E-state index contributed by atoms with van der Waals surface area (Å²) in [5.41, 5.74) is 2.74. The second-order valence-electron chi connectivity index (χ2n) is 2.84. The van der Waals surface area contributed by atoms with Crippen molar-refractivity contribution in [3.8, 4) is 11.3 Å². The van der Waals surface area contributed by atoms with E-state index in [2.05, 4.69) is 24.7 Å². The fourth-order valence-electron chi connectivity index (χ4n) is 1.24. The normalized spacial score (nSPS) is 10.6. The Balaban J connectivity index is 2.58. The standard InChI is InChI=1S/C9H5BrCl2N2S/c10-4-5-3-6(11)1-2-7(5)8-9(12)14-15-13-8/h1-3H,4H2. The van der Waals surface area contributed by atoms with Gasteiger partial charge in [0.1, 0.15) is 5.69 Å². The minimum atomic E-state index is 0.435. The topological polar surface area (TPSA) is 25.8 Å². The molecule has 78 valence electrons. The van der Waals surface area contributed by atoms with Crippen LogP contribution in [0, 0.1) is 0 Å². The first-order chi connectivity index (χ1) is 7.22. The number of alkyl halides is 1. The van der Waals surface area contributed by atoms with Crippen LogP contribution in [-0.4, -0.2) is 8.75 Å². The molecule has 1 heterocycles. The Morgan fingerprint density at radius 2 is 2.07 bits per heavy atom. The van der Waals surface area contributed by atoms with E-state index in [9.17, 15) is 0 Å². The third-order valence-corrected chi connectivity index (χ3v) is 3.65. The summed E-state index contributed by atoms with van der Waals surface area (Å²) in [6.07, 6.45) is 0. The van der Waals surface area contributed by atoms with Gasteiger partial charge in [-0.15, -0.1) is 0 Å². The summed E-state index contributed by atoms with van der Waals surface area (Å²) in [6, 6.07) is 5.61. The van der Waals surface area contributed by atoms with Gasteiger partial charge in [0.05, 0.1) is 11.7 Å². The Kier molecular flexibility index (Phi) is 3.61. The molecule has 6 heteroatoms. The summed E-state index contributed by atoms with van der Waals surface area (Å²) < 4.78 is 8.10. The molecular weight excluding hydrogens is 319 g/mol. The highest BCUT2D eigenvalue weighted by Gasteiger charge is 2.12. The van der Waals surface area contributed by atoms with Gasteiger partial charge in [0, 0.05) is 15.9 Å². The van der Waals surface area contributed by atoms with Crippen LogP contribution in [0.3, 0.4) is 0 Å². The van der Waals surface area contributed by atoms with E-state index in [1.54, 1.807) is 0 Å². The van der Waals surface area contributed by atoms with Crippen LogP contribution in [0.15, 0.2) is 18.2 Å². The van der Waals surface area contributed by atoms with Crippen LogP contribution >= 0.6 is 50.9 Å². The average Bonchev–Trinajstić information content (AvgIpc) is 2.64. The highest BCUT2D eigenvalue weighted by Crippen LogP contribution is 2.31. The second-order valence-corrected chi connectivity index (χ2v) is 4.72. The SMILES string of the molecule is Clc1ccc(-c2nsnc2Cl)c(CBr)c1.